The van der Waals surface area contributed by atoms with E-state index in [4.69, 9.17) is 9.47 Å². The third-order valence-electron chi connectivity index (χ3n) is 14.0. The van der Waals surface area contributed by atoms with Crippen LogP contribution in [0.25, 0.3) is 0 Å². The minimum Gasteiger partial charge on any atom is -0.463 e. The predicted octanol–water partition coefficient (Wildman–Crippen LogP) is 10.3. The number of benzene rings is 1. The zero-order chi connectivity index (χ0) is 43.8. The Morgan fingerprint density at radius 1 is 0.705 bits per heavy atom. The van der Waals surface area contributed by atoms with E-state index in [9.17, 15) is 34.4 Å². The number of amides is 1. The number of hydrogen-bond donors (Lipinski definition) is 5. The van der Waals surface area contributed by atoms with Gasteiger partial charge >= 0.3 is 5.97 Å². The number of rotatable bonds is 36. The van der Waals surface area contributed by atoms with E-state index >= 15 is 0 Å². The highest BCUT2D eigenvalue weighted by molar-refractivity contribution is 5.76. The second-order valence-corrected chi connectivity index (χ2v) is 19.6. The summed E-state index contributed by atoms with van der Waals surface area (Å²) >= 11 is 0. The third-order valence-corrected chi connectivity index (χ3v) is 14.0. The van der Waals surface area contributed by atoms with E-state index in [2.05, 4.69) is 5.32 Å². The maximum Gasteiger partial charge on any atom is 0.306 e. The number of aliphatic hydroxyl groups is 4. The molecule has 5 N–H and O–H groups in total. The molecule has 3 aliphatic carbocycles. The lowest BCUT2D eigenvalue weighted by Gasteiger charge is -2.66. The van der Waals surface area contributed by atoms with E-state index in [1.165, 1.54) is 122 Å². The van der Waals surface area contributed by atoms with Crippen LogP contribution in [0.1, 0.15) is 212 Å². The van der Waals surface area contributed by atoms with Gasteiger partial charge in [-0.15, -0.1) is 0 Å². The molecule has 10 heteroatoms. The summed E-state index contributed by atoms with van der Waals surface area (Å²) in [4.78, 5) is 25.3. The molecule has 4 fully saturated rings. The first-order chi connectivity index (χ1) is 29.5. The number of hydrogen-bond acceptors (Lipinski definition) is 8. The number of halogens is 1. The standard InChI is InChI=1S/C51H86FNO8/c1-2-27-42(54)41(32-33-43-47(57)49(59)48(58)44(61-43)36-60-46(56)34-31-40-28-23-22-24-29-40)53-45(55)30-25-20-18-16-14-12-10-8-6-4-3-5-7-9-11-13-15-17-19-21-26-35-50-37-51(52,38-50)39-50/h22-24,28-29,41-44,47-49,54,57-59H,2-21,25-27,30-39H2,1H3,(H,53,55). The van der Waals surface area contributed by atoms with E-state index in [-0.39, 0.29) is 25.4 Å². The molecular weight excluding hydrogens is 774 g/mol. The minimum absolute atomic E-state index is 0.104. The SMILES string of the molecule is CCCC(O)C(CCC1OC(COC(=O)CCc2ccccc2)C(O)C(O)C1O)NC(=O)CCCCCCCCCCCCCCCCCCCCCCCC12CC(F)(C1)C2. The van der Waals surface area contributed by atoms with Gasteiger partial charge in [-0.25, -0.2) is 4.39 Å². The van der Waals surface area contributed by atoms with Crippen molar-refractivity contribution >= 4 is 11.9 Å². The van der Waals surface area contributed by atoms with Crippen molar-refractivity contribution < 1.29 is 43.9 Å². The summed E-state index contributed by atoms with van der Waals surface area (Å²) in [7, 11) is 0. The van der Waals surface area contributed by atoms with Gasteiger partial charge in [0.25, 0.3) is 0 Å². The van der Waals surface area contributed by atoms with Crippen molar-refractivity contribution in [3.63, 3.8) is 0 Å². The van der Waals surface area contributed by atoms with Crippen LogP contribution < -0.4 is 5.32 Å². The molecule has 9 nitrogen and oxygen atoms in total. The molecule has 1 aromatic carbocycles. The maximum atomic E-state index is 13.6. The number of aryl methyl sites for hydroxylation is 1. The topological polar surface area (TPSA) is 146 Å². The number of unbranched alkanes of at least 4 members (excludes halogenated alkanes) is 20. The van der Waals surface area contributed by atoms with Gasteiger partial charge in [0.1, 0.15) is 36.7 Å². The Labute approximate surface area is 368 Å². The average Bonchev–Trinajstić information content (AvgIpc) is 3.23. The first-order valence-corrected chi connectivity index (χ1v) is 25.1. The molecule has 1 heterocycles. The largest absolute Gasteiger partial charge is 0.463 e. The quantitative estimate of drug-likeness (QED) is 0.0331. The van der Waals surface area contributed by atoms with Gasteiger partial charge in [-0.3, -0.25) is 9.59 Å². The molecule has 350 valence electrons. The molecule has 2 bridgehead atoms. The van der Waals surface area contributed by atoms with Crippen molar-refractivity contribution in [1.29, 1.82) is 0 Å². The number of ether oxygens (including phenoxy) is 2. The van der Waals surface area contributed by atoms with Crippen LogP contribution in [0.15, 0.2) is 30.3 Å². The summed E-state index contributed by atoms with van der Waals surface area (Å²) < 4.78 is 24.9. The van der Waals surface area contributed by atoms with E-state index < -0.39 is 54.3 Å². The van der Waals surface area contributed by atoms with Crippen LogP contribution in [0.2, 0.25) is 0 Å². The molecular formula is C51H86FNO8. The predicted molar refractivity (Wildman–Crippen MR) is 241 cm³/mol. The number of nitrogens with one attached hydrogen (secondary N) is 1. The zero-order valence-corrected chi connectivity index (χ0v) is 38.1. The molecule has 1 saturated heterocycles. The van der Waals surface area contributed by atoms with Crippen molar-refractivity contribution in [1.82, 2.24) is 5.32 Å². The first-order valence-electron chi connectivity index (χ1n) is 25.1. The average molecular weight is 860 g/mol. The van der Waals surface area contributed by atoms with Crippen LogP contribution in [0.5, 0.6) is 0 Å². The van der Waals surface area contributed by atoms with Crippen LogP contribution in [0.3, 0.4) is 0 Å². The molecule has 7 atom stereocenters. The van der Waals surface area contributed by atoms with Gasteiger partial charge in [0.05, 0.1) is 18.2 Å². The molecule has 5 rings (SSSR count). The van der Waals surface area contributed by atoms with Gasteiger partial charge in [-0.1, -0.05) is 172 Å². The third kappa shape index (κ3) is 19.3. The van der Waals surface area contributed by atoms with Gasteiger partial charge in [-0.2, -0.15) is 0 Å². The lowest BCUT2D eigenvalue weighted by atomic mass is 9.41. The van der Waals surface area contributed by atoms with Gasteiger partial charge in [0.2, 0.25) is 5.91 Å². The second-order valence-electron chi connectivity index (χ2n) is 19.6. The normalized spacial score (nSPS) is 26.6. The number of aliphatic hydroxyl groups excluding tert-OH is 4. The highest BCUT2D eigenvalue weighted by atomic mass is 19.1. The fourth-order valence-corrected chi connectivity index (χ4v) is 10.3. The fraction of sp³-hybridized carbons (Fsp3) is 0.843. The molecule has 61 heavy (non-hydrogen) atoms. The maximum absolute atomic E-state index is 13.6. The van der Waals surface area contributed by atoms with Crippen LogP contribution in [0, 0.1) is 5.41 Å². The smallest absolute Gasteiger partial charge is 0.306 e. The summed E-state index contributed by atoms with van der Waals surface area (Å²) in [6, 6.07) is 9.03. The molecule has 1 aromatic rings. The molecule has 0 radical (unpaired) electrons. The Morgan fingerprint density at radius 3 is 1.70 bits per heavy atom. The molecule has 1 aliphatic heterocycles. The van der Waals surface area contributed by atoms with E-state index in [0.717, 1.165) is 50.5 Å². The Bertz CT molecular complexity index is 1310. The number of alkyl halides is 1. The minimum atomic E-state index is -1.49. The Balaban J connectivity index is 0.939. The van der Waals surface area contributed by atoms with E-state index in [1.807, 2.05) is 37.3 Å². The second kappa shape index (κ2) is 28.6. The van der Waals surface area contributed by atoms with Gasteiger partial charge in [-0.05, 0) is 68.8 Å². The molecule has 7 unspecified atom stereocenters. The van der Waals surface area contributed by atoms with Crippen molar-refractivity contribution in [3.05, 3.63) is 35.9 Å². The van der Waals surface area contributed by atoms with Crippen LogP contribution >= 0.6 is 0 Å². The highest BCUT2D eigenvalue weighted by Gasteiger charge is 2.68. The Morgan fingerprint density at radius 2 is 1.20 bits per heavy atom. The lowest BCUT2D eigenvalue weighted by molar-refractivity contribution is -0.233. The molecule has 3 saturated carbocycles. The summed E-state index contributed by atoms with van der Waals surface area (Å²) in [5, 5.41) is 45.7. The lowest BCUT2D eigenvalue weighted by Crippen LogP contribution is -2.64. The van der Waals surface area contributed by atoms with Crippen LogP contribution in [0.4, 0.5) is 4.39 Å². The monoisotopic (exact) mass is 860 g/mol. The highest BCUT2D eigenvalue weighted by Crippen LogP contribution is 2.71. The van der Waals surface area contributed by atoms with Gasteiger partial charge in [0, 0.05) is 12.8 Å². The van der Waals surface area contributed by atoms with Crippen LogP contribution in [-0.2, 0) is 25.5 Å². The van der Waals surface area contributed by atoms with E-state index in [0.29, 0.717) is 31.1 Å². The molecule has 4 aliphatic rings. The summed E-state index contributed by atoms with van der Waals surface area (Å²) in [6.45, 7) is 1.71. The fourth-order valence-electron chi connectivity index (χ4n) is 10.3. The number of carbonyl (C=O) groups is 2. The van der Waals surface area contributed by atoms with Crippen molar-refractivity contribution in [2.45, 2.75) is 261 Å². The van der Waals surface area contributed by atoms with E-state index in [1.54, 1.807) is 0 Å². The Hall–Kier alpha value is -2.11. The molecule has 0 spiro atoms. The first kappa shape index (κ1) is 51.5. The summed E-state index contributed by atoms with van der Waals surface area (Å²) in [6.07, 6.45) is 26.9. The number of esters is 1. The Kier molecular flexibility index (Phi) is 24.2. The number of carbonyl (C=O) groups excluding carboxylic acids is 2. The summed E-state index contributed by atoms with van der Waals surface area (Å²) in [5.74, 6) is -0.553. The van der Waals surface area contributed by atoms with Crippen LogP contribution in [-0.4, -0.2) is 87.2 Å². The molecule has 0 aromatic heterocycles. The van der Waals surface area contributed by atoms with Crippen molar-refractivity contribution in [2.24, 2.45) is 5.41 Å². The van der Waals surface area contributed by atoms with Gasteiger partial charge in [0.15, 0.2) is 0 Å². The van der Waals surface area contributed by atoms with Crippen molar-refractivity contribution in [3.8, 4) is 0 Å². The van der Waals surface area contributed by atoms with Gasteiger partial charge < -0.3 is 35.2 Å². The summed E-state index contributed by atoms with van der Waals surface area (Å²) in [5.41, 5.74) is 0.725. The zero-order valence-electron chi connectivity index (χ0n) is 38.1. The molecule has 1 amide bonds. The van der Waals surface area contributed by atoms with Crippen molar-refractivity contribution in [2.75, 3.05) is 6.61 Å².